The summed E-state index contributed by atoms with van der Waals surface area (Å²) in [4.78, 5) is 21.9. The number of aliphatic hydroxyl groups is 1. The Balaban J connectivity index is 2.36. The lowest BCUT2D eigenvalue weighted by Crippen LogP contribution is -2.38. The number of ether oxygens (including phenoxy) is 2. The monoisotopic (exact) mass is 254 g/mol. The van der Waals surface area contributed by atoms with Gasteiger partial charge in [-0.1, -0.05) is 13.2 Å². The standard InChI is InChI=1S/C13H18O5/c1-3-12(15)17-8-9-5-6-11(10(14)7-9)18-13(16)4-2/h3-4,9-11,14H,1-2,5-8H2. The summed E-state index contributed by atoms with van der Waals surface area (Å²) >= 11 is 0. The van der Waals surface area contributed by atoms with E-state index < -0.39 is 24.1 Å². The molecule has 1 aliphatic rings. The second-order valence-corrected chi connectivity index (χ2v) is 4.26. The van der Waals surface area contributed by atoms with Gasteiger partial charge < -0.3 is 14.6 Å². The molecule has 3 unspecified atom stereocenters. The Labute approximate surface area is 106 Å². The molecule has 100 valence electrons. The number of esters is 2. The van der Waals surface area contributed by atoms with Crippen molar-refractivity contribution in [3.63, 3.8) is 0 Å². The molecule has 0 aromatic rings. The van der Waals surface area contributed by atoms with E-state index in [0.717, 1.165) is 18.6 Å². The van der Waals surface area contributed by atoms with Crippen LogP contribution in [0.25, 0.3) is 0 Å². The van der Waals surface area contributed by atoms with E-state index in [1.807, 2.05) is 0 Å². The van der Waals surface area contributed by atoms with Crippen molar-refractivity contribution in [3.8, 4) is 0 Å². The smallest absolute Gasteiger partial charge is 0.330 e. The number of aliphatic hydroxyl groups excluding tert-OH is 1. The zero-order valence-electron chi connectivity index (χ0n) is 10.2. The van der Waals surface area contributed by atoms with E-state index in [2.05, 4.69) is 13.2 Å². The van der Waals surface area contributed by atoms with Gasteiger partial charge in [-0.15, -0.1) is 0 Å². The maximum Gasteiger partial charge on any atom is 0.330 e. The van der Waals surface area contributed by atoms with Crippen molar-refractivity contribution in [3.05, 3.63) is 25.3 Å². The Kier molecular flexibility index (Phi) is 5.58. The predicted molar refractivity (Wildman–Crippen MR) is 64.6 cm³/mol. The van der Waals surface area contributed by atoms with Gasteiger partial charge in [0.15, 0.2) is 0 Å². The van der Waals surface area contributed by atoms with Crippen molar-refractivity contribution in [2.45, 2.75) is 31.5 Å². The highest BCUT2D eigenvalue weighted by Crippen LogP contribution is 2.27. The summed E-state index contributed by atoms with van der Waals surface area (Å²) in [6, 6.07) is 0. The summed E-state index contributed by atoms with van der Waals surface area (Å²) in [6.07, 6.45) is 2.68. The second-order valence-electron chi connectivity index (χ2n) is 4.26. The molecule has 1 rings (SSSR count). The fourth-order valence-corrected chi connectivity index (χ4v) is 1.95. The summed E-state index contributed by atoms with van der Waals surface area (Å²) in [6.45, 7) is 6.86. The largest absolute Gasteiger partial charge is 0.462 e. The quantitative estimate of drug-likeness (QED) is 0.584. The maximum atomic E-state index is 11.0. The minimum absolute atomic E-state index is 0.0857. The summed E-state index contributed by atoms with van der Waals surface area (Å²) in [5.41, 5.74) is 0. The second kappa shape index (κ2) is 6.96. The normalized spacial score (nSPS) is 27.1. The number of carbonyl (C=O) groups excluding carboxylic acids is 2. The predicted octanol–water partition coefficient (Wildman–Crippen LogP) is 0.974. The SMILES string of the molecule is C=CC(=O)OCC1CCC(OC(=O)C=C)C(O)C1. The summed E-state index contributed by atoms with van der Waals surface area (Å²) < 4.78 is 9.94. The Morgan fingerprint density at radius 1 is 1.22 bits per heavy atom. The molecule has 1 saturated carbocycles. The molecule has 18 heavy (non-hydrogen) atoms. The van der Waals surface area contributed by atoms with Gasteiger partial charge in [-0.05, 0) is 25.2 Å². The van der Waals surface area contributed by atoms with Crippen LogP contribution in [0.2, 0.25) is 0 Å². The highest BCUT2D eigenvalue weighted by Gasteiger charge is 2.31. The molecule has 0 heterocycles. The Bertz CT molecular complexity index is 336. The van der Waals surface area contributed by atoms with Crippen LogP contribution in [0.4, 0.5) is 0 Å². The maximum absolute atomic E-state index is 11.0. The Morgan fingerprint density at radius 3 is 2.44 bits per heavy atom. The lowest BCUT2D eigenvalue weighted by atomic mass is 9.86. The van der Waals surface area contributed by atoms with Crippen molar-refractivity contribution in [2.75, 3.05) is 6.61 Å². The molecule has 0 spiro atoms. The first-order valence-corrected chi connectivity index (χ1v) is 5.87. The van der Waals surface area contributed by atoms with Crippen LogP contribution >= 0.6 is 0 Å². The van der Waals surface area contributed by atoms with Crippen molar-refractivity contribution in [1.29, 1.82) is 0 Å². The minimum atomic E-state index is -0.727. The number of hydrogen-bond donors (Lipinski definition) is 1. The van der Waals surface area contributed by atoms with Crippen LogP contribution in [0.5, 0.6) is 0 Å². The lowest BCUT2D eigenvalue weighted by molar-refractivity contribution is -0.154. The first-order chi connectivity index (χ1) is 8.56. The van der Waals surface area contributed by atoms with E-state index >= 15 is 0 Å². The zero-order valence-corrected chi connectivity index (χ0v) is 10.2. The average Bonchev–Trinajstić information content (AvgIpc) is 2.38. The van der Waals surface area contributed by atoms with E-state index in [4.69, 9.17) is 9.47 Å². The molecular formula is C13H18O5. The topological polar surface area (TPSA) is 72.8 Å². The fourth-order valence-electron chi connectivity index (χ4n) is 1.95. The average molecular weight is 254 g/mol. The van der Waals surface area contributed by atoms with Gasteiger partial charge in [0.2, 0.25) is 0 Å². The first-order valence-electron chi connectivity index (χ1n) is 5.87. The van der Waals surface area contributed by atoms with Gasteiger partial charge in [0.1, 0.15) is 6.10 Å². The van der Waals surface area contributed by atoms with Crippen LogP contribution in [0.1, 0.15) is 19.3 Å². The fraction of sp³-hybridized carbons (Fsp3) is 0.538. The molecular weight excluding hydrogens is 236 g/mol. The third-order valence-electron chi connectivity index (χ3n) is 2.93. The summed E-state index contributed by atoms with van der Waals surface area (Å²) in [5.74, 6) is -0.914. The number of rotatable bonds is 5. The van der Waals surface area contributed by atoms with Crippen LogP contribution in [0, 0.1) is 5.92 Å². The van der Waals surface area contributed by atoms with Gasteiger partial charge >= 0.3 is 11.9 Å². The molecule has 1 aliphatic carbocycles. The molecule has 3 atom stereocenters. The van der Waals surface area contributed by atoms with Crippen molar-refractivity contribution >= 4 is 11.9 Å². The summed E-state index contributed by atoms with van der Waals surface area (Å²) in [7, 11) is 0. The molecule has 1 fully saturated rings. The van der Waals surface area contributed by atoms with E-state index in [9.17, 15) is 14.7 Å². The van der Waals surface area contributed by atoms with Crippen LogP contribution in [-0.4, -0.2) is 35.9 Å². The Hall–Kier alpha value is -1.62. The highest BCUT2D eigenvalue weighted by atomic mass is 16.6. The summed E-state index contributed by atoms with van der Waals surface area (Å²) in [5, 5.41) is 9.83. The van der Waals surface area contributed by atoms with Gasteiger partial charge in [0.25, 0.3) is 0 Å². The molecule has 0 radical (unpaired) electrons. The van der Waals surface area contributed by atoms with Gasteiger partial charge in [0.05, 0.1) is 12.7 Å². The van der Waals surface area contributed by atoms with Crippen molar-refractivity contribution < 1.29 is 24.2 Å². The van der Waals surface area contributed by atoms with Crippen LogP contribution in [0.3, 0.4) is 0 Å². The third-order valence-corrected chi connectivity index (χ3v) is 2.93. The minimum Gasteiger partial charge on any atom is -0.462 e. The lowest BCUT2D eigenvalue weighted by Gasteiger charge is -2.32. The molecule has 0 aromatic carbocycles. The zero-order chi connectivity index (χ0) is 13.5. The molecule has 0 amide bonds. The van der Waals surface area contributed by atoms with E-state index in [1.54, 1.807) is 0 Å². The van der Waals surface area contributed by atoms with Gasteiger partial charge in [-0.2, -0.15) is 0 Å². The van der Waals surface area contributed by atoms with Gasteiger partial charge in [-0.25, -0.2) is 9.59 Å². The molecule has 0 aliphatic heterocycles. The van der Waals surface area contributed by atoms with Crippen LogP contribution < -0.4 is 0 Å². The molecule has 1 N–H and O–H groups in total. The van der Waals surface area contributed by atoms with E-state index in [1.165, 1.54) is 0 Å². The van der Waals surface area contributed by atoms with Gasteiger partial charge in [-0.3, -0.25) is 0 Å². The number of hydrogen-bond acceptors (Lipinski definition) is 5. The van der Waals surface area contributed by atoms with E-state index in [0.29, 0.717) is 12.8 Å². The first kappa shape index (κ1) is 14.4. The van der Waals surface area contributed by atoms with Crippen LogP contribution in [-0.2, 0) is 19.1 Å². The number of carbonyl (C=O) groups is 2. The third kappa shape index (κ3) is 4.33. The van der Waals surface area contributed by atoms with Crippen LogP contribution in [0.15, 0.2) is 25.3 Å². The highest BCUT2D eigenvalue weighted by molar-refractivity contribution is 5.81. The molecule has 0 aromatic heterocycles. The van der Waals surface area contributed by atoms with Gasteiger partial charge in [0, 0.05) is 12.2 Å². The molecule has 5 nitrogen and oxygen atoms in total. The molecule has 5 heteroatoms. The molecule has 0 saturated heterocycles. The van der Waals surface area contributed by atoms with Crippen molar-refractivity contribution in [1.82, 2.24) is 0 Å². The molecule has 0 bridgehead atoms. The van der Waals surface area contributed by atoms with Crippen molar-refractivity contribution in [2.24, 2.45) is 5.92 Å². The Morgan fingerprint density at radius 2 is 1.89 bits per heavy atom. The van der Waals surface area contributed by atoms with E-state index in [-0.39, 0.29) is 12.5 Å².